The summed E-state index contributed by atoms with van der Waals surface area (Å²) in [5, 5.41) is 8.79. The van der Waals surface area contributed by atoms with Crippen molar-refractivity contribution in [2.24, 2.45) is 5.73 Å². The van der Waals surface area contributed by atoms with Gasteiger partial charge in [0.05, 0.1) is 5.56 Å². The summed E-state index contributed by atoms with van der Waals surface area (Å²) in [6.07, 6.45) is 1.92. The largest absolute Gasteiger partial charge is 0.346 e. The van der Waals surface area contributed by atoms with Gasteiger partial charge in [0.1, 0.15) is 11.9 Å². The summed E-state index contributed by atoms with van der Waals surface area (Å²) >= 11 is 0. The molecular formula is C14H14FN3. The number of benzene rings is 1. The van der Waals surface area contributed by atoms with Crippen LogP contribution in [0.4, 0.5) is 4.39 Å². The first kappa shape index (κ1) is 12.3. The molecule has 1 aromatic carbocycles. The number of nitrogens with zero attached hydrogens (tertiary/aromatic N) is 2. The molecule has 2 rings (SSSR count). The zero-order chi connectivity index (χ0) is 13.1. The molecular weight excluding hydrogens is 229 g/mol. The molecule has 0 fully saturated rings. The average Bonchev–Trinajstić information content (AvgIpc) is 2.80. The third kappa shape index (κ3) is 2.41. The first-order valence-corrected chi connectivity index (χ1v) is 5.71. The van der Waals surface area contributed by atoms with Crippen LogP contribution in [0.25, 0.3) is 0 Å². The van der Waals surface area contributed by atoms with Crippen molar-refractivity contribution in [3.05, 3.63) is 59.2 Å². The van der Waals surface area contributed by atoms with Gasteiger partial charge in [-0.2, -0.15) is 5.26 Å². The van der Waals surface area contributed by atoms with Crippen LogP contribution in [0.2, 0.25) is 0 Å². The summed E-state index contributed by atoms with van der Waals surface area (Å²) < 4.78 is 15.2. The predicted octanol–water partition coefficient (Wildman–Crippen LogP) is 2.57. The Labute approximate surface area is 105 Å². The van der Waals surface area contributed by atoms with E-state index in [2.05, 4.69) is 0 Å². The van der Waals surface area contributed by atoms with E-state index in [-0.39, 0.29) is 11.6 Å². The maximum atomic E-state index is 13.2. The van der Waals surface area contributed by atoms with E-state index in [1.165, 1.54) is 6.07 Å². The SMILES string of the molecule is CC(N)c1cccn1Cc1ccc(F)c(C#N)c1. The summed E-state index contributed by atoms with van der Waals surface area (Å²) in [6, 6.07) is 10.2. The van der Waals surface area contributed by atoms with E-state index in [1.54, 1.807) is 12.1 Å². The lowest BCUT2D eigenvalue weighted by molar-refractivity contribution is 0.621. The van der Waals surface area contributed by atoms with E-state index >= 15 is 0 Å². The average molecular weight is 243 g/mol. The first-order valence-electron chi connectivity index (χ1n) is 5.71. The standard InChI is InChI=1S/C14H14FN3/c1-10(17)14-3-2-6-18(14)9-11-4-5-13(15)12(7-11)8-16/h2-7,10H,9,17H2,1H3. The van der Waals surface area contributed by atoms with Crippen LogP contribution in [0, 0.1) is 17.1 Å². The summed E-state index contributed by atoms with van der Waals surface area (Å²) in [6.45, 7) is 2.50. The Morgan fingerprint density at radius 3 is 2.89 bits per heavy atom. The van der Waals surface area contributed by atoms with Crippen molar-refractivity contribution in [2.75, 3.05) is 0 Å². The van der Waals surface area contributed by atoms with Gasteiger partial charge in [-0.05, 0) is 36.8 Å². The van der Waals surface area contributed by atoms with Crippen LogP contribution in [-0.4, -0.2) is 4.57 Å². The zero-order valence-corrected chi connectivity index (χ0v) is 10.1. The van der Waals surface area contributed by atoms with Crippen LogP contribution in [0.15, 0.2) is 36.5 Å². The molecule has 18 heavy (non-hydrogen) atoms. The highest BCUT2D eigenvalue weighted by molar-refractivity contribution is 5.34. The molecule has 1 atom stereocenters. The topological polar surface area (TPSA) is 54.7 Å². The molecule has 0 aliphatic carbocycles. The summed E-state index contributed by atoms with van der Waals surface area (Å²) in [4.78, 5) is 0. The lowest BCUT2D eigenvalue weighted by atomic mass is 10.1. The highest BCUT2D eigenvalue weighted by atomic mass is 19.1. The lowest BCUT2D eigenvalue weighted by Gasteiger charge is -2.12. The fourth-order valence-corrected chi connectivity index (χ4v) is 1.94. The summed E-state index contributed by atoms with van der Waals surface area (Å²) in [5.74, 6) is -0.485. The van der Waals surface area contributed by atoms with E-state index in [0.29, 0.717) is 6.54 Å². The highest BCUT2D eigenvalue weighted by Gasteiger charge is 2.07. The number of hydrogen-bond acceptors (Lipinski definition) is 2. The number of rotatable bonds is 3. The van der Waals surface area contributed by atoms with E-state index in [1.807, 2.05) is 35.9 Å². The monoisotopic (exact) mass is 243 g/mol. The van der Waals surface area contributed by atoms with E-state index in [9.17, 15) is 4.39 Å². The molecule has 0 saturated carbocycles. The van der Waals surface area contributed by atoms with Crippen LogP contribution in [-0.2, 0) is 6.54 Å². The Balaban J connectivity index is 2.29. The molecule has 1 aromatic heterocycles. The second kappa shape index (κ2) is 5.03. The molecule has 92 valence electrons. The van der Waals surface area contributed by atoms with Gasteiger partial charge in [0.2, 0.25) is 0 Å². The molecule has 4 heteroatoms. The number of halogens is 1. The molecule has 0 radical (unpaired) electrons. The van der Waals surface area contributed by atoms with Gasteiger partial charge >= 0.3 is 0 Å². The van der Waals surface area contributed by atoms with Crippen LogP contribution in [0.1, 0.15) is 29.8 Å². The number of nitrogens with two attached hydrogens (primary N) is 1. The van der Waals surface area contributed by atoms with Gasteiger partial charge in [-0.1, -0.05) is 6.07 Å². The fourth-order valence-electron chi connectivity index (χ4n) is 1.94. The Morgan fingerprint density at radius 2 is 2.22 bits per heavy atom. The minimum atomic E-state index is -0.485. The van der Waals surface area contributed by atoms with Gasteiger partial charge in [-0.15, -0.1) is 0 Å². The molecule has 2 N–H and O–H groups in total. The van der Waals surface area contributed by atoms with Crippen molar-refractivity contribution in [1.29, 1.82) is 5.26 Å². The Morgan fingerprint density at radius 1 is 1.44 bits per heavy atom. The van der Waals surface area contributed by atoms with Gasteiger partial charge in [0, 0.05) is 24.5 Å². The molecule has 0 spiro atoms. The van der Waals surface area contributed by atoms with Crippen molar-refractivity contribution in [3.63, 3.8) is 0 Å². The Hall–Kier alpha value is -2.12. The van der Waals surface area contributed by atoms with Crippen molar-refractivity contribution >= 4 is 0 Å². The molecule has 1 unspecified atom stereocenters. The highest BCUT2D eigenvalue weighted by Crippen LogP contribution is 2.15. The van der Waals surface area contributed by atoms with Crippen molar-refractivity contribution in [2.45, 2.75) is 19.5 Å². The maximum Gasteiger partial charge on any atom is 0.140 e. The molecule has 0 bridgehead atoms. The molecule has 0 aliphatic rings. The molecule has 2 aromatic rings. The Bertz CT molecular complexity index is 593. The molecule has 0 amide bonds. The van der Waals surface area contributed by atoms with Crippen molar-refractivity contribution in [1.82, 2.24) is 4.57 Å². The fraction of sp³-hybridized carbons (Fsp3) is 0.214. The number of nitriles is 1. The summed E-state index contributed by atoms with van der Waals surface area (Å²) in [5.41, 5.74) is 7.82. The minimum absolute atomic E-state index is 0.0594. The van der Waals surface area contributed by atoms with E-state index in [0.717, 1.165) is 11.3 Å². The zero-order valence-electron chi connectivity index (χ0n) is 10.1. The van der Waals surface area contributed by atoms with Crippen LogP contribution in [0.5, 0.6) is 0 Å². The van der Waals surface area contributed by atoms with Crippen LogP contribution in [0.3, 0.4) is 0 Å². The van der Waals surface area contributed by atoms with Crippen molar-refractivity contribution in [3.8, 4) is 6.07 Å². The first-order chi connectivity index (χ1) is 8.61. The quantitative estimate of drug-likeness (QED) is 0.900. The third-order valence-electron chi connectivity index (χ3n) is 2.84. The molecule has 3 nitrogen and oxygen atoms in total. The van der Waals surface area contributed by atoms with E-state index in [4.69, 9.17) is 11.0 Å². The van der Waals surface area contributed by atoms with Gasteiger partial charge in [-0.25, -0.2) is 4.39 Å². The smallest absolute Gasteiger partial charge is 0.140 e. The van der Waals surface area contributed by atoms with Gasteiger partial charge < -0.3 is 10.3 Å². The molecule has 0 aliphatic heterocycles. The molecule has 1 heterocycles. The predicted molar refractivity (Wildman–Crippen MR) is 67.3 cm³/mol. The maximum absolute atomic E-state index is 13.2. The molecule has 0 saturated heterocycles. The third-order valence-corrected chi connectivity index (χ3v) is 2.84. The minimum Gasteiger partial charge on any atom is -0.346 e. The number of hydrogen-bond donors (Lipinski definition) is 1. The number of aromatic nitrogens is 1. The van der Waals surface area contributed by atoms with E-state index < -0.39 is 5.82 Å². The van der Waals surface area contributed by atoms with Gasteiger partial charge in [0.15, 0.2) is 0 Å². The van der Waals surface area contributed by atoms with Crippen LogP contribution >= 0.6 is 0 Å². The second-order valence-electron chi connectivity index (χ2n) is 4.28. The summed E-state index contributed by atoms with van der Waals surface area (Å²) in [7, 11) is 0. The lowest BCUT2D eigenvalue weighted by Crippen LogP contribution is -2.12. The normalized spacial score (nSPS) is 12.1. The van der Waals surface area contributed by atoms with Gasteiger partial charge in [0.25, 0.3) is 0 Å². The van der Waals surface area contributed by atoms with Crippen LogP contribution < -0.4 is 5.73 Å². The Kier molecular flexibility index (Phi) is 3.45. The van der Waals surface area contributed by atoms with Gasteiger partial charge in [-0.3, -0.25) is 0 Å². The van der Waals surface area contributed by atoms with Crippen molar-refractivity contribution < 1.29 is 4.39 Å². The second-order valence-corrected chi connectivity index (χ2v) is 4.28.